The molecule has 0 saturated carbocycles. The fraction of sp³-hybridized carbons (Fsp3) is 0.375. The number of halogens is 4. The summed E-state index contributed by atoms with van der Waals surface area (Å²) in [5, 5.41) is 0.395. The van der Waals surface area contributed by atoms with E-state index in [9.17, 15) is 13.2 Å². The summed E-state index contributed by atoms with van der Waals surface area (Å²) in [6, 6.07) is 1.14. The van der Waals surface area contributed by atoms with Gasteiger partial charge >= 0.3 is 0 Å². The topological polar surface area (TPSA) is 12.9 Å². The molecule has 0 amide bonds. The third kappa shape index (κ3) is 2.21. The number of aromatic nitrogens is 1. The number of rotatable bonds is 2. The average molecular weight is 254 g/mol. The van der Waals surface area contributed by atoms with Gasteiger partial charge in [-0.3, -0.25) is 0 Å². The first kappa shape index (κ1) is 10.5. The van der Waals surface area contributed by atoms with Crippen LogP contribution in [0, 0.1) is 12.9 Å². The lowest BCUT2D eigenvalue weighted by molar-refractivity contribution is 0.145. The monoisotopic (exact) mass is 253 g/mol. The highest BCUT2D eigenvalue weighted by Gasteiger charge is 2.16. The van der Waals surface area contributed by atoms with Crippen molar-refractivity contribution in [2.45, 2.75) is 18.7 Å². The van der Waals surface area contributed by atoms with E-state index in [1.54, 1.807) is 6.92 Å². The van der Waals surface area contributed by atoms with Gasteiger partial charge in [0.2, 0.25) is 5.95 Å². The molecule has 0 radical (unpaired) electrons. The maximum atomic E-state index is 12.8. The van der Waals surface area contributed by atoms with Crippen LogP contribution in [-0.4, -0.2) is 4.98 Å². The molecule has 5 heteroatoms. The van der Waals surface area contributed by atoms with E-state index < -0.39 is 17.9 Å². The van der Waals surface area contributed by atoms with Gasteiger partial charge in [0.15, 0.2) is 0 Å². The predicted molar refractivity (Wildman–Crippen MR) is 46.5 cm³/mol. The molecular weight excluding hydrogens is 247 g/mol. The Morgan fingerprint density at radius 2 is 2.15 bits per heavy atom. The van der Waals surface area contributed by atoms with Crippen molar-refractivity contribution in [3.05, 3.63) is 28.8 Å². The molecule has 1 heterocycles. The number of hydrogen-bond acceptors (Lipinski definition) is 1. The van der Waals surface area contributed by atoms with Crippen molar-refractivity contribution in [3.8, 4) is 0 Å². The maximum Gasteiger partial charge on any atom is 0.268 e. The molecule has 1 aromatic heterocycles. The normalized spacial score (nSPS) is 10.9. The van der Waals surface area contributed by atoms with Crippen LogP contribution in [0.2, 0.25) is 0 Å². The van der Waals surface area contributed by atoms with E-state index in [0.29, 0.717) is 16.6 Å². The molecule has 0 spiro atoms. The van der Waals surface area contributed by atoms with Crippen molar-refractivity contribution in [1.82, 2.24) is 4.98 Å². The number of alkyl halides is 3. The molecule has 1 rings (SSSR count). The molecule has 13 heavy (non-hydrogen) atoms. The van der Waals surface area contributed by atoms with Crippen LogP contribution in [0.25, 0.3) is 0 Å². The highest BCUT2D eigenvalue weighted by atomic mass is 79.9. The first-order chi connectivity index (χ1) is 6.06. The third-order valence-corrected chi connectivity index (χ3v) is 2.28. The van der Waals surface area contributed by atoms with E-state index in [1.807, 2.05) is 0 Å². The molecule has 0 saturated heterocycles. The van der Waals surface area contributed by atoms with Crippen molar-refractivity contribution >= 4 is 15.9 Å². The number of aryl methyl sites for hydroxylation is 1. The van der Waals surface area contributed by atoms with Crippen LogP contribution in [0.5, 0.6) is 0 Å². The van der Waals surface area contributed by atoms with Gasteiger partial charge in [-0.1, -0.05) is 15.9 Å². The Morgan fingerprint density at radius 1 is 1.54 bits per heavy atom. The summed E-state index contributed by atoms with van der Waals surface area (Å²) >= 11 is 3.11. The Morgan fingerprint density at radius 3 is 2.62 bits per heavy atom. The van der Waals surface area contributed by atoms with Crippen molar-refractivity contribution < 1.29 is 13.2 Å². The maximum absolute atomic E-state index is 12.8. The quantitative estimate of drug-likeness (QED) is 0.582. The fourth-order valence-electron chi connectivity index (χ4n) is 0.924. The smallest absolute Gasteiger partial charge is 0.224 e. The van der Waals surface area contributed by atoms with Crippen molar-refractivity contribution in [2.75, 3.05) is 0 Å². The number of pyridine rings is 1. The summed E-state index contributed by atoms with van der Waals surface area (Å²) in [4.78, 5) is 3.39. The first-order valence-corrected chi connectivity index (χ1v) is 4.68. The van der Waals surface area contributed by atoms with Gasteiger partial charge in [-0.15, -0.1) is 0 Å². The SMILES string of the molecule is Cc1nc(F)c(C(F)F)cc1CBr. The minimum absolute atomic E-state index is 0.395. The van der Waals surface area contributed by atoms with E-state index in [1.165, 1.54) is 0 Å². The lowest BCUT2D eigenvalue weighted by Gasteiger charge is -2.06. The number of hydrogen-bond donors (Lipinski definition) is 0. The molecule has 1 nitrogen and oxygen atoms in total. The molecule has 0 atom stereocenters. The molecule has 0 fully saturated rings. The largest absolute Gasteiger partial charge is 0.268 e. The molecule has 0 bridgehead atoms. The molecule has 0 aliphatic rings. The minimum atomic E-state index is -2.81. The van der Waals surface area contributed by atoms with Gasteiger partial charge in [0, 0.05) is 11.0 Å². The second-order valence-electron chi connectivity index (χ2n) is 2.55. The van der Waals surface area contributed by atoms with E-state index in [2.05, 4.69) is 20.9 Å². The minimum Gasteiger partial charge on any atom is -0.224 e. The van der Waals surface area contributed by atoms with Crippen LogP contribution in [-0.2, 0) is 5.33 Å². The standard InChI is InChI=1S/C8H7BrF3N/c1-4-5(3-9)2-6(7(10)11)8(12)13-4/h2,7H,3H2,1H3. The van der Waals surface area contributed by atoms with Crippen LogP contribution in [0.1, 0.15) is 23.2 Å². The molecule has 1 aromatic rings. The van der Waals surface area contributed by atoms with Crippen molar-refractivity contribution in [1.29, 1.82) is 0 Å². The predicted octanol–water partition coefficient (Wildman–Crippen LogP) is 3.36. The Balaban J connectivity index is 3.22. The zero-order valence-corrected chi connectivity index (χ0v) is 8.41. The van der Waals surface area contributed by atoms with E-state index in [-0.39, 0.29) is 0 Å². The zero-order valence-electron chi connectivity index (χ0n) is 6.82. The lowest BCUT2D eigenvalue weighted by Crippen LogP contribution is -2.00. The highest BCUT2D eigenvalue weighted by molar-refractivity contribution is 9.08. The molecular formula is C8H7BrF3N. The van der Waals surface area contributed by atoms with Crippen molar-refractivity contribution in [3.63, 3.8) is 0 Å². The first-order valence-electron chi connectivity index (χ1n) is 3.56. The van der Waals surface area contributed by atoms with Crippen LogP contribution in [0.3, 0.4) is 0 Å². The van der Waals surface area contributed by atoms with Gasteiger partial charge in [0.25, 0.3) is 6.43 Å². The fourth-order valence-corrected chi connectivity index (χ4v) is 1.49. The summed E-state index contributed by atoms with van der Waals surface area (Å²) in [5.41, 5.74) is 0.371. The number of nitrogens with zero attached hydrogens (tertiary/aromatic N) is 1. The Bertz CT molecular complexity index is 315. The Kier molecular flexibility index (Phi) is 3.30. The van der Waals surface area contributed by atoms with Gasteiger partial charge in [-0.2, -0.15) is 4.39 Å². The lowest BCUT2D eigenvalue weighted by atomic mass is 10.1. The van der Waals surface area contributed by atoms with Crippen LogP contribution in [0.4, 0.5) is 13.2 Å². The van der Waals surface area contributed by atoms with Crippen LogP contribution in [0.15, 0.2) is 6.07 Å². The summed E-state index contributed by atoms with van der Waals surface area (Å²) in [7, 11) is 0. The van der Waals surface area contributed by atoms with E-state index in [4.69, 9.17) is 0 Å². The summed E-state index contributed by atoms with van der Waals surface area (Å²) in [6.45, 7) is 1.58. The highest BCUT2D eigenvalue weighted by Crippen LogP contribution is 2.23. The average Bonchev–Trinajstić information content (AvgIpc) is 2.03. The van der Waals surface area contributed by atoms with Crippen LogP contribution >= 0.6 is 15.9 Å². The Hall–Kier alpha value is -0.580. The van der Waals surface area contributed by atoms with Crippen molar-refractivity contribution in [2.24, 2.45) is 0 Å². The van der Waals surface area contributed by atoms with Gasteiger partial charge in [-0.25, -0.2) is 13.8 Å². The third-order valence-electron chi connectivity index (χ3n) is 1.68. The van der Waals surface area contributed by atoms with Gasteiger partial charge in [0.05, 0.1) is 5.56 Å². The van der Waals surface area contributed by atoms with E-state index >= 15 is 0 Å². The second-order valence-corrected chi connectivity index (χ2v) is 3.11. The zero-order chi connectivity index (χ0) is 10.0. The summed E-state index contributed by atoms with van der Waals surface area (Å²) in [5.74, 6) is -1.09. The van der Waals surface area contributed by atoms with Gasteiger partial charge in [0.1, 0.15) is 0 Å². The molecule has 0 N–H and O–H groups in total. The van der Waals surface area contributed by atoms with Gasteiger partial charge in [-0.05, 0) is 18.6 Å². The van der Waals surface area contributed by atoms with Crippen LogP contribution < -0.4 is 0 Å². The molecule has 0 unspecified atom stereocenters. The van der Waals surface area contributed by atoms with Gasteiger partial charge < -0.3 is 0 Å². The summed E-state index contributed by atoms with van der Waals surface area (Å²) < 4.78 is 37.2. The Labute approximate surface area is 82.1 Å². The summed E-state index contributed by atoms with van der Waals surface area (Å²) in [6.07, 6.45) is -2.81. The second kappa shape index (κ2) is 4.09. The van der Waals surface area contributed by atoms with E-state index in [0.717, 1.165) is 6.07 Å². The molecule has 0 aliphatic heterocycles. The molecule has 0 aromatic carbocycles. The molecule has 0 aliphatic carbocycles. The molecule has 72 valence electrons.